The second kappa shape index (κ2) is 6.93. The topological polar surface area (TPSA) is 35.5 Å². The lowest BCUT2D eigenvalue weighted by Gasteiger charge is -2.41. The molecule has 1 aliphatic rings. The van der Waals surface area contributed by atoms with Crippen molar-refractivity contribution in [3.8, 4) is 0 Å². The lowest BCUT2D eigenvalue weighted by Crippen LogP contribution is -2.50. The molecular weight excluding hydrogens is 364 g/mol. The van der Waals surface area contributed by atoms with E-state index in [9.17, 15) is 4.79 Å². The first-order valence-electron chi connectivity index (χ1n) is 7.47. The second-order valence-corrected chi connectivity index (χ2v) is 9.03. The summed E-state index contributed by atoms with van der Waals surface area (Å²) in [7, 11) is 0. The molecule has 0 bridgehead atoms. The van der Waals surface area contributed by atoms with E-state index in [1.165, 1.54) is 0 Å². The number of carbonyl (C=O) groups is 1. The van der Waals surface area contributed by atoms with Gasteiger partial charge in [-0.25, -0.2) is 0 Å². The van der Waals surface area contributed by atoms with Crippen molar-refractivity contribution in [2.45, 2.75) is 57.2 Å². The zero-order valence-electron chi connectivity index (χ0n) is 13.6. The van der Waals surface area contributed by atoms with Gasteiger partial charge in [0, 0.05) is 20.0 Å². The van der Waals surface area contributed by atoms with Gasteiger partial charge in [0.15, 0.2) is 0 Å². The predicted molar refractivity (Wildman–Crippen MR) is 92.8 cm³/mol. The van der Waals surface area contributed by atoms with Crippen molar-refractivity contribution >= 4 is 33.7 Å². The van der Waals surface area contributed by atoms with E-state index in [1.54, 1.807) is 11.8 Å². The molecule has 22 heavy (non-hydrogen) atoms. The summed E-state index contributed by atoms with van der Waals surface area (Å²) in [4.78, 5) is 13.6. The number of hydrogen-bond donors (Lipinski definition) is 0. The fourth-order valence-corrected chi connectivity index (χ4v) is 4.23. The Balaban J connectivity index is 2.09. The van der Waals surface area contributed by atoms with E-state index in [4.69, 9.17) is 9.47 Å². The Kier molecular flexibility index (Phi) is 5.62. The Labute approximate surface area is 145 Å². The molecule has 1 saturated heterocycles. The van der Waals surface area contributed by atoms with Crippen LogP contribution in [-0.2, 0) is 14.3 Å². The van der Waals surface area contributed by atoms with Crippen molar-refractivity contribution in [2.24, 2.45) is 11.3 Å². The summed E-state index contributed by atoms with van der Waals surface area (Å²) in [6.07, 6.45) is -0.637. The summed E-state index contributed by atoms with van der Waals surface area (Å²) in [6.45, 7) is 10.0. The summed E-state index contributed by atoms with van der Waals surface area (Å²) in [5, 5.41) is 0.0714. The number of hydrogen-bond acceptors (Lipinski definition) is 4. The maximum atomic E-state index is 12.5. The third-order valence-electron chi connectivity index (χ3n) is 3.70. The number of ether oxygens (including phenoxy) is 2. The number of esters is 1. The van der Waals surface area contributed by atoms with Crippen LogP contribution in [-0.4, -0.2) is 23.6 Å². The van der Waals surface area contributed by atoms with Crippen LogP contribution >= 0.6 is 27.7 Å². The minimum atomic E-state index is -0.480. The average Bonchev–Trinajstić information content (AvgIpc) is 2.39. The number of halogens is 1. The minimum absolute atomic E-state index is 0.0714. The van der Waals surface area contributed by atoms with Crippen LogP contribution in [0, 0.1) is 11.3 Å². The van der Waals surface area contributed by atoms with Gasteiger partial charge in [0.2, 0.25) is 6.29 Å². The van der Waals surface area contributed by atoms with Crippen molar-refractivity contribution in [3.63, 3.8) is 0 Å². The van der Waals surface area contributed by atoms with Crippen LogP contribution in [0.1, 0.15) is 34.6 Å². The van der Waals surface area contributed by atoms with E-state index < -0.39 is 6.29 Å². The predicted octanol–water partition coefficient (Wildman–Crippen LogP) is 4.88. The van der Waals surface area contributed by atoms with Gasteiger partial charge in [0.25, 0.3) is 0 Å². The van der Waals surface area contributed by atoms with Crippen LogP contribution in [0.4, 0.5) is 0 Å². The highest BCUT2D eigenvalue weighted by molar-refractivity contribution is 9.10. The third-order valence-corrected chi connectivity index (χ3v) is 5.93. The number of thioether (sulfide) groups is 1. The standard InChI is InChI=1S/C17H23BrO3S/c1-10-14(15(19)21-16(20-10)17(3,4)5)11(2)22-13-9-7-6-8-12(13)18/h6-11,14,16H,1-5H3/t10-,11-,14+,16-/m1/s1. The highest BCUT2D eigenvalue weighted by atomic mass is 79.9. The third kappa shape index (κ3) is 4.06. The molecule has 1 aromatic rings. The molecule has 0 spiro atoms. The van der Waals surface area contributed by atoms with Crippen molar-refractivity contribution in [2.75, 3.05) is 0 Å². The Hall–Kier alpha value is -0.520. The smallest absolute Gasteiger partial charge is 0.315 e. The molecule has 0 saturated carbocycles. The Morgan fingerprint density at radius 2 is 1.91 bits per heavy atom. The van der Waals surface area contributed by atoms with Crippen LogP contribution in [0.5, 0.6) is 0 Å². The fourth-order valence-electron chi connectivity index (χ4n) is 2.45. The van der Waals surface area contributed by atoms with Crippen LogP contribution < -0.4 is 0 Å². The van der Waals surface area contributed by atoms with E-state index in [0.29, 0.717) is 0 Å². The SMILES string of the molecule is C[C@H]1O[C@@H](C(C)(C)C)OC(=O)[C@@H]1[C@@H](C)Sc1ccccc1Br. The molecule has 0 radical (unpaired) electrons. The molecule has 1 heterocycles. The van der Waals surface area contributed by atoms with Crippen molar-refractivity contribution in [3.05, 3.63) is 28.7 Å². The number of rotatable bonds is 3. The van der Waals surface area contributed by atoms with Gasteiger partial charge in [-0.15, -0.1) is 11.8 Å². The van der Waals surface area contributed by atoms with Crippen LogP contribution in [0.3, 0.4) is 0 Å². The first-order valence-corrected chi connectivity index (χ1v) is 9.14. The number of carbonyl (C=O) groups excluding carboxylic acids is 1. The average molecular weight is 387 g/mol. The molecule has 0 N–H and O–H groups in total. The zero-order chi connectivity index (χ0) is 16.5. The molecule has 122 valence electrons. The molecule has 5 heteroatoms. The molecule has 1 aromatic carbocycles. The fraction of sp³-hybridized carbons (Fsp3) is 0.588. The molecule has 0 amide bonds. The summed E-state index contributed by atoms with van der Waals surface area (Å²) in [5.41, 5.74) is -0.215. The first-order chi connectivity index (χ1) is 10.2. The normalized spacial score (nSPS) is 27.4. The van der Waals surface area contributed by atoms with Crippen molar-refractivity contribution < 1.29 is 14.3 Å². The van der Waals surface area contributed by atoms with Crippen molar-refractivity contribution in [1.82, 2.24) is 0 Å². The Morgan fingerprint density at radius 1 is 1.27 bits per heavy atom. The molecular formula is C17H23BrO3S. The highest BCUT2D eigenvalue weighted by Gasteiger charge is 2.44. The summed E-state index contributed by atoms with van der Waals surface area (Å²) >= 11 is 5.21. The van der Waals surface area contributed by atoms with Gasteiger partial charge in [-0.3, -0.25) is 4.79 Å². The Bertz CT molecular complexity index is 541. The molecule has 1 fully saturated rings. The maximum Gasteiger partial charge on any atom is 0.315 e. The second-order valence-electron chi connectivity index (χ2n) is 6.76. The van der Waals surface area contributed by atoms with Gasteiger partial charge in [-0.1, -0.05) is 39.8 Å². The van der Waals surface area contributed by atoms with E-state index in [1.807, 2.05) is 58.9 Å². The van der Waals surface area contributed by atoms with Gasteiger partial charge in [-0.05, 0) is 35.0 Å². The van der Waals surface area contributed by atoms with Crippen LogP contribution in [0.15, 0.2) is 33.6 Å². The van der Waals surface area contributed by atoms with Crippen molar-refractivity contribution in [1.29, 1.82) is 0 Å². The monoisotopic (exact) mass is 386 g/mol. The lowest BCUT2D eigenvalue weighted by atomic mass is 9.92. The Morgan fingerprint density at radius 3 is 2.45 bits per heavy atom. The number of benzene rings is 1. The van der Waals surface area contributed by atoms with Crippen LogP contribution in [0.25, 0.3) is 0 Å². The van der Waals surface area contributed by atoms with Gasteiger partial charge in [-0.2, -0.15) is 0 Å². The molecule has 1 aliphatic heterocycles. The molecule has 4 atom stereocenters. The first kappa shape index (κ1) is 17.8. The van der Waals surface area contributed by atoms with E-state index in [0.717, 1.165) is 9.37 Å². The lowest BCUT2D eigenvalue weighted by molar-refractivity contribution is -0.253. The number of cyclic esters (lactones) is 1. The summed E-state index contributed by atoms with van der Waals surface area (Å²) in [6, 6.07) is 8.02. The van der Waals surface area contributed by atoms with Gasteiger partial charge in [0.05, 0.1) is 12.0 Å². The highest BCUT2D eigenvalue weighted by Crippen LogP contribution is 2.39. The summed E-state index contributed by atoms with van der Waals surface area (Å²) < 4.78 is 12.5. The minimum Gasteiger partial charge on any atom is -0.435 e. The van der Waals surface area contributed by atoms with Gasteiger partial charge >= 0.3 is 5.97 Å². The van der Waals surface area contributed by atoms with Gasteiger partial charge in [0.1, 0.15) is 0 Å². The molecule has 3 nitrogen and oxygen atoms in total. The van der Waals surface area contributed by atoms with E-state index in [2.05, 4.69) is 15.9 Å². The molecule has 2 rings (SSSR count). The largest absolute Gasteiger partial charge is 0.435 e. The maximum absolute atomic E-state index is 12.5. The summed E-state index contributed by atoms with van der Waals surface area (Å²) in [5.74, 6) is -0.429. The quantitative estimate of drug-likeness (QED) is 0.547. The van der Waals surface area contributed by atoms with E-state index >= 15 is 0 Å². The molecule has 0 unspecified atom stereocenters. The van der Waals surface area contributed by atoms with Crippen LogP contribution in [0.2, 0.25) is 0 Å². The van der Waals surface area contributed by atoms with Gasteiger partial charge < -0.3 is 9.47 Å². The molecule has 0 aromatic heterocycles. The molecule has 0 aliphatic carbocycles. The van der Waals surface area contributed by atoms with E-state index in [-0.39, 0.29) is 28.7 Å². The zero-order valence-corrected chi connectivity index (χ0v) is 16.0.